The Balaban J connectivity index is 2.89. The first kappa shape index (κ1) is 11.5. The molecule has 0 saturated heterocycles. The van der Waals surface area contributed by atoms with E-state index < -0.39 is 11.5 Å². The van der Waals surface area contributed by atoms with Crippen LogP contribution in [0, 0.1) is 3.57 Å². The van der Waals surface area contributed by atoms with Crippen LogP contribution in [0.1, 0.15) is 12.5 Å². The highest BCUT2D eigenvalue weighted by atomic mass is 127. The maximum absolute atomic E-state index is 10.8. The first-order valence-corrected chi connectivity index (χ1v) is 5.31. The number of carbonyl (C=O) groups excluding carboxylic acids is 1. The standard InChI is InChI=1S/C10H12INO2/c1-10(12,9(13)14)6-7-4-2-3-5-8(7)11/h2-5H,6,12H2,1H3,(H,13,14)/t10-/m1/s1. The molecule has 0 aromatic heterocycles. The molecule has 0 aliphatic heterocycles. The zero-order valence-corrected chi connectivity index (χ0v) is 10.1. The van der Waals surface area contributed by atoms with Crippen molar-refractivity contribution in [2.75, 3.05) is 0 Å². The van der Waals surface area contributed by atoms with Crippen molar-refractivity contribution in [3.8, 4) is 0 Å². The van der Waals surface area contributed by atoms with Gasteiger partial charge in [0.05, 0.1) is 0 Å². The minimum absolute atomic E-state index is 0.397. The molecule has 1 aromatic rings. The molecule has 0 saturated carbocycles. The molecule has 4 heteroatoms. The van der Waals surface area contributed by atoms with E-state index in [-0.39, 0.29) is 0 Å². The second kappa shape index (κ2) is 4.27. The number of carbonyl (C=O) groups is 1. The zero-order chi connectivity index (χ0) is 10.8. The fraction of sp³-hybridized carbons (Fsp3) is 0.300. The summed E-state index contributed by atoms with van der Waals surface area (Å²) in [6.07, 6.45) is 0.397. The van der Waals surface area contributed by atoms with Crippen LogP contribution in [0.5, 0.6) is 0 Å². The SMILES string of the molecule is C[C@@]([NH3+])(Cc1ccccc1I)C(=O)[O-]. The van der Waals surface area contributed by atoms with Gasteiger partial charge in [-0.25, -0.2) is 0 Å². The Morgan fingerprint density at radius 1 is 1.57 bits per heavy atom. The summed E-state index contributed by atoms with van der Waals surface area (Å²) < 4.78 is 1.06. The van der Waals surface area contributed by atoms with Crippen LogP contribution in [0.25, 0.3) is 0 Å². The number of carboxylic acid groups (broad SMARTS) is 1. The third-order valence-electron chi connectivity index (χ3n) is 2.03. The van der Waals surface area contributed by atoms with Gasteiger partial charge in [-0.15, -0.1) is 0 Å². The summed E-state index contributed by atoms with van der Waals surface area (Å²) in [4.78, 5) is 10.8. The van der Waals surface area contributed by atoms with Gasteiger partial charge in [-0.05, 0) is 41.1 Å². The molecule has 0 aliphatic carbocycles. The van der Waals surface area contributed by atoms with Gasteiger partial charge in [-0.1, -0.05) is 18.2 Å². The minimum Gasteiger partial charge on any atom is -0.544 e. The molecule has 0 radical (unpaired) electrons. The second-order valence-electron chi connectivity index (χ2n) is 3.62. The predicted octanol–water partition coefficient (Wildman–Crippen LogP) is -0.416. The summed E-state index contributed by atoms with van der Waals surface area (Å²) in [6, 6.07) is 7.67. The van der Waals surface area contributed by atoms with E-state index in [1.54, 1.807) is 6.92 Å². The average Bonchev–Trinajstić information content (AvgIpc) is 2.08. The Morgan fingerprint density at radius 2 is 2.14 bits per heavy atom. The van der Waals surface area contributed by atoms with E-state index in [0.29, 0.717) is 6.42 Å². The fourth-order valence-corrected chi connectivity index (χ4v) is 1.71. The molecule has 1 aromatic carbocycles. The number of aliphatic carboxylic acids is 1. The zero-order valence-electron chi connectivity index (χ0n) is 7.92. The average molecular weight is 305 g/mol. The Bertz CT molecular complexity index is 350. The van der Waals surface area contributed by atoms with Crippen molar-refractivity contribution in [3.05, 3.63) is 33.4 Å². The van der Waals surface area contributed by atoms with Crippen molar-refractivity contribution in [1.29, 1.82) is 0 Å². The lowest BCUT2D eigenvalue weighted by Crippen LogP contribution is -2.79. The van der Waals surface area contributed by atoms with E-state index in [2.05, 4.69) is 28.3 Å². The predicted molar refractivity (Wildman–Crippen MR) is 59.2 cm³/mol. The van der Waals surface area contributed by atoms with Crippen molar-refractivity contribution >= 4 is 28.6 Å². The van der Waals surface area contributed by atoms with Gasteiger partial charge in [0.2, 0.25) is 0 Å². The normalized spacial score (nSPS) is 14.8. The second-order valence-corrected chi connectivity index (χ2v) is 4.78. The Labute approximate surface area is 96.4 Å². The smallest absolute Gasteiger partial charge is 0.136 e. The largest absolute Gasteiger partial charge is 0.544 e. The van der Waals surface area contributed by atoms with Crippen LogP contribution in [0.15, 0.2) is 24.3 Å². The van der Waals surface area contributed by atoms with E-state index in [4.69, 9.17) is 0 Å². The van der Waals surface area contributed by atoms with Crippen LogP contribution in [0.2, 0.25) is 0 Å². The molecule has 76 valence electrons. The van der Waals surface area contributed by atoms with Crippen molar-refractivity contribution in [3.63, 3.8) is 0 Å². The van der Waals surface area contributed by atoms with Crippen molar-refractivity contribution in [1.82, 2.24) is 0 Å². The monoisotopic (exact) mass is 305 g/mol. The van der Waals surface area contributed by atoms with Crippen LogP contribution in [-0.2, 0) is 11.2 Å². The minimum atomic E-state index is -1.11. The first-order chi connectivity index (χ1) is 6.43. The molecule has 14 heavy (non-hydrogen) atoms. The van der Waals surface area contributed by atoms with Crippen LogP contribution in [-0.4, -0.2) is 11.5 Å². The van der Waals surface area contributed by atoms with Gasteiger partial charge in [-0.3, -0.25) is 0 Å². The molecular weight excluding hydrogens is 293 g/mol. The molecule has 1 atom stereocenters. The Morgan fingerprint density at radius 3 is 2.64 bits per heavy atom. The van der Waals surface area contributed by atoms with Crippen LogP contribution in [0.3, 0.4) is 0 Å². The highest BCUT2D eigenvalue weighted by molar-refractivity contribution is 14.1. The van der Waals surface area contributed by atoms with Gasteiger partial charge < -0.3 is 15.6 Å². The maximum atomic E-state index is 10.8. The van der Waals surface area contributed by atoms with Crippen molar-refractivity contribution in [2.45, 2.75) is 18.9 Å². The maximum Gasteiger partial charge on any atom is 0.136 e. The number of halogens is 1. The lowest BCUT2D eigenvalue weighted by atomic mass is 9.94. The van der Waals surface area contributed by atoms with Gasteiger partial charge in [0.15, 0.2) is 0 Å². The number of quaternary nitrogens is 1. The molecule has 1 rings (SSSR count). The van der Waals surface area contributed by atoms with Crippen molar-refractivity contribution < 1.29 is 15.6 Å². The van der Waals surface area contributed by atoms with Crippen LogP contribution < -0.4 is 10.8 Å². The van der Waals surface area contributed by atoms with Crippen molar-refractivity contribution in [2.24, 2.45) is 0 Å². The Kier molecular flexibility index (Phi) is 3.49. The highest BCUT2D eigenvalue weighted by Crippen LogP contribution is 2.15. The highest BCUT2D eigenvalue weighted by Gasteiger charge is 2.25. The van der Waals surface area contributed by atoms with E-state index >= 15 is 0 Å². The summed E-state index contributed by atoms with van der Waals surface area (Å²) >= 11 is 2.18. The first-order valence-electron chi connectivity index (χ1n) is 4.24. The summed E-state index contributed by atoms with van der Waals surface area (Å²) in [7, 11) is 0. The molecule has 0 unspecified atom stereocenters. The lowest BCUT2D eigenvalue weighted by molar-refractivity contribution is -0.480. The van der Waals surface area contributed by atoms with Gasteiger partial charge in [0.25, 0.3) is 0 Å². The molecule has 3 nitrogen and oxygen atoms in total. The van der Waals surface area contributed by atoms with Gasteiger partial charge in [0, 0.05) is 9.99 Å². The van der Waals surface area contributed by atoms with Gasteiger partial charge >= 0.3 is 0 Å². The molecule has 0 heterocycles. The number of rotatable bonds is 3. The summed E-state index contributed by atoms with van der Waals surface area (Å²) in [5.41, 5.74) is 3.58. The topological polar surface area (TPSA) is 67.8 Å². The molecular formula is C10H12INO2. The molecule has 0 bridgehead atoms. The molecule has 3 N–H and O–H groups in total. The molecule has 0 aliphatic rings. The number of hydrogen-bond donors (Lipinski definition) is 1. The Hall–Kier alpha value is -0.620. The quantitative estimate of drug-likeness (QED) is 0.771. The van der Waals surface area contributed by atoms with E-state index in [1.807, 2.05) is 24.3 Å². The van der Waals surface area contributed by atoms with E-state index in [0.717, 1.165) is 9.13 Å². The summed E-state index contributed by atoms with van der Waals surface area (Å²) in [5.74, 6) is -1.11. The summed E-state index contributed by atoms with van der Waals surface area (Å²) in [5, 5.41) is 10.8. The van der Waals surface area contributed by atoms with Gasteiger partial charge in [0.1, 0.15) is 11.5 Å². The number of hydrogen-bond acceptors (Lipinski definition) is 2. The summed E-state index contributed by atoms with van der Waals surface area (Å²) in [6.45, 7) is 1.57. The fourth-order valence-electron chi connectivity index (χ4n) is 1.13. The molecule has 0 spiro atoms. The third-order valence-corrected chi connectivity index (χ3v) is 3.08. The lowest BCUT2D eigenvalue weighted by Gasteiger charge is -2.22. The van der Waals surface area contributed by atoms with E-state index in [9.17, 15) is 9.90 Å². The van der Waals surface area contributed by atoms with Crippen LogP contribution in [0.4, 0.5) is 0 Å². The van der Waals surface area contributed by atoms with E-state index in [1.165, 1.54) is 0 Å². The third kappa shape index (κ3) is 2.68. The molecule has 0 amide bonds. The number of carboxylic acids is 1. The van der Waals surface area contributed by atoms with Crippen LogP contribution >= 0.6 is 22.6 Å². The van der Waals surface area contributed by atoms with Gasteiger partial charge in [-0.2, -0.15) is 0 Å². The molecule has 0 fully saturated rings. The number of benzene rings is 1.